The lowest BCUT2D eigenvalue weighted by atomic mass is 10.2. The summed E-state index contributed by atoms with van der Waals surface area (Å²) in [4.78, 5) is 2.50. The van der Waals surface area contributed by atoms with Crippen molar-refractivity contribution in [3.05, 3.63) is 17.0 Å². The zero-order valence-electron chi connectivity index (χ0n) is 10.0. The van der Waals surface area contributed by atoms with Gasteiger partial charge in [0.15, 0.2) is 0 Å². The van der Waals surface area contributed by atoms with Gasteiger partial charge in [0, 0.05) is 30.9 Å². The standard InChI is InChI=1S/C11H20N4.ClH/c1-9-11(10(2)14-13-9)8-15-6-3-4-12-5-7-15;/h12H,3-8H2,1-2H3,(H,13,14);1H. The first-order valence-corrected chi connectivity index (χ1v) is 5.71. The molecule has 1 aliphatic heterocycles. The minimum atomic E-state index is 0. The molecule has 0 saturated carbocycles. The molecule has 0 atom stereocenters. The van der Waals surface area contributed by atoms with Gasteiger partial charge in [-0.05, 0) is 33.4 Å². The van der Waals surface area contributed by atoms with E-state index < -0.39 is 0 Å². The van der Waals surface area contributed by atoms with E-state index in [9.17, 15) is 0 Å². The fourth-order valence-electron chi connectivity index (χ4n) is 2.09. The van der Waals surface area contributed by atoms with Crippen LogP contribution >= 0.6 is 12.4 Å². The van der Waals surface area contributed by atoms with Crippen molar-refractivity contribution in [3.63, 3.8) is 0 Å². The minimum Gasteiger partial charge on any atom is -0.315 e. The molecule has 0 bridgehead atoms. The van der Waals surface area contributed by atoms with Crippen molar-refractivity contribution in [1.29, 1.82) is 0 Å². The van der Waals surface area contributed by atoms with Gasteiger partial charge in [-0.15, -0.1) is 12.4 Å². The van der Waals surface area contributed by atoms with Gasteiger partial charge >= 0.3 is 0 Å². The maximum Gasteiger partial charge on any atom is 0.0639 e. The molecule has 0 aromatic carbocycles. The molecule has 0 spiro atoms. The van der Waals surface area contributed by atoms with Crippen LogP contribution < -0.4 is 5.32 Å². The van der Waals surface area contributed by atoms with Gasteiger partial charge in [-0.3, -0.25) is 10.00 Å². The topological polar surface area (TPSA) is 44.0 Å². The van der Waals surface area contributed by atoms with Crippen molar-refractivity contribution in [1.82, 2.24) is 20.4 Å². The van der Waals surface area contributed by atoms with Crippen LogP contribution in [0, 0.1) is 13.8 Å². The largest absolute Gasteiger partial charge is 0.315 e. The van der Waals surface area contributed by atoms with Crippen LogP contribution in [0.4, 0.5) is 0 Å². The molecule has 0 aliphatic carbocycles. The van der Waals surface area contributed by atoms with Crippen molar-refractivity contribution in [3.8, 4) is 0 Å². The van der Waals surface area contributed by atoms with E-state index in [1.807, 2.05) is 0 Å². The zero-order chi connectivity index (χ0) is 10.7. The second-order valence-corrected chi connectivity index (χ2v) is 4.29. The Morgan fingerprint density at radius 3 is 2.75 bits per heavy atom. The number of aryl methyl sites for hydroxylation is 2. The molecule has 0 amide bonds. The van der Waals surface area contributed by atoms with Gasteiger partial charge in [0.05, 0.1) is 5.69 Å². The predicted molar refractivity (Wildman–Crippen MR) is 68.1 cm³/mol. The number of aromatic nitrogens is 2. The van der Waals surface area contributed by atoms with Crippen molar-refractivity contribution >= 4 is 12.4 Å². The zero-order valence-corrected chi connectivity index (χ0v) is 10.9. The fourth-order valence-corrected chi connectivity index (χ4v) is 2.09. The third kappa shape index (κ3) is 3.20. The van der Waals surface area contributed by atoms with Gasteiger partial charge in [-0.2, -0.15) is 5.10 Å². The molecule has 2 rings (SSSR count). The molecule has 2 N–H and O–H groups in total. The average Bonchev–Trinajstić information content (AvgIpc) is 2.49. The highest BCUT2D eigenvalue weighted by Gasteiger charge is 2.13. The molecular formula is C11H21ClN4. The van der Waals surface area contributed by atoms with Gasteiger partial charge in [-0.25, -0.2) is 0 Å². The van der Waals surface area contributed by atoms with E-state index in [4.69, 9.17) is 0 Å². The number of H-pyrrole nitrogens is 1. The predicted octanol–water partition coefficient (Wildman–Crippen LogP) is 1.24. The van der Waals surface area contributed by atoms with E-state index in [0.29, 0.717) is 0 Å². The molecule has 1 aromatic rings. The lowest BCUT2D eigenvalue weighted by Crippen LogP contribution is -2.28. The SMILES string of the molecule is Cc1n[nH]c(C)c1CN1CCCNCC1.Cl. The van der Waals surface area contributed by atoms with E-state index in [1.54, 1.807) is 0 Å². The van der Waals surface area contributed by atoms with Gasteiger partial charge in [0.1, 0.15) is 0 Å². The van der Waals surface area contributed by atoms with Gasteiger partial charge in [-0.1, -0.05) is 0 Å². The van der Waals surface area contributed by atoms with Crippen molar-refractivity contribution in [2.75, 3.05) is 26.2 Å². The first-order chi connectivity index (χ1) is 7.27. The van der Waals surface area contributed by atoms with E-state index in [-0.39, 0.29) is 12.4 Å². The lowest BCUT2D eigenvalue weighted by molar-refractivity contribution is 0.283. The summed E-state index contributed by atoms with van der Waals surface area (Å²) in [5, 5.41) is 10.7. The van der Waals surface area contributed by atoms with Crippen molar-refractivity contribution in [2.24, 2.45) is 0 Å². The summed E-state index contributed by atoms with van der Waals surface area (Å²) < 4.78 is 0. The number of hydrogen-bond donors (Lipinski definition) is 2. The molecule has 2 heterocycles. The van der Waals surface area contributed by atoms with E-state index in [1.165, 1.54) is 24.2 Å². The van der Waals surface area contributed by atoms with Crippen LogP contribution in [0.3, 0.4) is 0 Å². The van der Waals surface area contributed by atoms with E-state index in [2.05, 4.69) is 34.3 Å². The molecule has 92 valence electrons. The van der Waals surface area contributed by atoms with Crippen LogP contribution in [0.25, 0.3) is 0 Å². The molecule has 1 saturated heterocycles. The normalized spacial score (nSPS) is 17.9. The summed E-state index contributed by atoms with van der Waals surface area (Å²) in [5.74, 6) is 0. The van der Waals surface area contributed by atoms with Crippen LogP contribution in [-0.2, 0) is 6.54 Å². The maximum absolute atomic E-state index is 4.24. The second kappa shape index (κ2) is 6.23. The fraction of sp³-hybridized carbons (Fsp3) is 0.727. The van der Waals surface area contributed by atoms with E-state index >= 15 is 0 Å². The monoisotopic (exact) mass is 244 g/mol. The number of halogens is 1. The number of aromatic amines is 1. The Bertz CT molecular complexity index is 296. The molecule has 0 radical (unpaired) electrons. The number of nitrogens with one attached hydrogen (secondary N) is 2. The molecule has 1 aliphatic rings. The average molecular weight is 245 g/mol. The first kappa shape index (κ1) is 13.5. The molecule has 16 heavy (non-hydrogen) atoms. The van der Waals surface area contributed by atoms with Crippen LogP contribution in [0.1, 0.15) is 23.4 Å². The first-order valence-electron chi connectivity index (χ1n) is 5.71. The van der Waals surface area contributed by atoms with Crippen molar-refractivity contribution in [2.45, 2.75) is 26.8 Å². The Morgan fingerprint density at radius 1 is 1.25 bits per heavy atom. The number of rotatable bonds is 2. The third-order valence-corrected chi connectivity index (χ3v) is 3.10. The van der Waals surface area contributed by atoms with Crippen LogP contribution in [0.5, 0.6) is 0 Å². The molecule has 1 aromatic heterocycles. The summed E-state index contributed by atoms with van der Waals surface area (Å²) in [6, 6.07) is 0. The number of hydrogen-bond acceptors (Lipinski definition) is 3. The summed E-state index contributed by atoms with van der Waals surface area (Å²) in [5.41, 5.74) is 3.73. The Balaban J connectivity index is 0.00000128. The minimum absolute atomic E-state index is 0. The summed E-state index contributed by atoms with van der Waals surface area (Å²) in [6.45, 7) is 9.81. The summed E-state index contributed by atoms with van der Waals surface area (Å²) in [6.07, 6.45) is 1.25. The maximum atomic E-state index is 4.24. The highest BCUT2D eigenvalue weighted by atomic mass is 35.5. The Hall–Kier alpha value is -0.580. The highest BCUT2D eigenvalue weighted by molar-refractivity contribution is 5.85. The second-order valence-electron chi connectivity index (χ2n) is 4.29. The lowest BCUT2D eigenvalue weighted by Gasteiger charge is -2.19. The molecule has 5 heteroatoms. The Labute approximate surface area is 103 Å². The van der Waals surface area contributed by atoms with Crippen LogP contribution in [-0.4, -0.2) is 41.3 Å². The smallest absolute Gasteiger partial charge is 0.0639 e. The van der Waals surface area contributed by atoms with Gasteiger partial charge < -0.3 is 5.32 Å². The van der Waals surface area contributed by atoms with Crippen molar-refractivity contribution < 1.29 is 0 Å². The van der Waals surface area contributed by atoms with Gasteiger partial charge in [0.25, 0.3) is 0 Å². The third-order valence-electron chi connectivity index (χ3n) is 3.10. The van der Waals surface area contributed by atoms with Crippen LogP contribution in [0.15, 0.2) is 0 Å². The van der Waals surface area contributed by atoms with Gasteiger partial charge in [0.2, 0.25) is 0 Å². The van der Waals surface area contributed by atoms with E-state index in [0.717, 1.165) is 31.9 Å². The highest BCUT2D eigenvalue weighted by Crippen LogP contribution is 2.13. The Morgan fingerprint density at radius 2 is 2.06 bits per heavy atom. The molecule has 1 fully saturated rings. The molecule has 0 unspecified atom stereocenters. The summed E-state index contributed by atoms with van der Waals surface area (Å²) in [7, 11) is 0. The Kier molecular flexibility index (Phi) is 5.25. The quantitative estimate of drug-likeness (QED) is 0.823. The van der Waals surface area contributed by atoms with Crippen LogP contribution in [0.2, 0.25) is 0 Å². The molecule has 4 nitrogen and oxygen atoms in total. The molecular weight excluding hydrogens is 224 g/mol. The summed E-state index contributed by atoms with van der Waals surface area (Å²) >= 11 is 0. The number of nitrogens with zero attached hydrogens (tertiary/aromatic N) is 2.